The van der Waals surface area contributed by atoms with Gasteiger partial charge in [-0.05, 0) is 92.4 Å². The van der Waals surface area contributed by atoms with Crippen molar-refractivity contribution in [3.05, 3.63) is 108 Å². The monoisotopic (exact) mass is 822 g/mol. The number of carbonyl (C=O) groups excluding carboxylic acids is 4. The largest absolute Gasteiger partial charge is 0.496 e. The third-order valence-electron chi connectivity index (χ3n) is 9.68. The van der Waals surface area contributed by atoms with E-state index >= 15 is 0 Å². The normalized spacial score (nSPS) is 12.7. The maximum absolute atomic E-state index is 14.5. The van der Waals surface area contributed by atoms with Gasteiger partial charge in [-0.1, -0.05) is 42.0 Å². The van der Waals surface area contributed by atoms with Gasteiger partial charge in [0, 0.05) is 53.2 Å². The summed E-state index contributed by atoms with van der Waals surface area (Å²) in [6.07, 6.45) is 2.67. The maximum Gasteiger partial charge on any atom is 0.408 e. The number of aromatic nitrogens is 2. The van der Waals surface area contributed by atoms with E-state index in [4.69, 9.17) is 18.9 Å². The lowest BCUT2D eigenvalue weighted by Crippen LogP contribution is -2.41. The van der Waals surface area contributed by atoms with E-state index in [2.05, 4.69) is 15.6 Å². The van der Waals surface area contributed by atoms with E-state index in [1.807, 2.05) is 37.3 Å². The minimum atomic E-state index is -4.16. The van der Waals surface area contributed by atoms with Crippen LogP contribution in [0.2, 0.25) is 0 Å². The number of aryl methyl sites for hydroxylation is 1. The van der Waals surface area contributed by atoms with Crippen LogP contribution in [-0.4, -0.2) is 74.3 Å². The highest BCUT2D eigenvalue weighted by Gasteiger charge is 2.29. The van der Waals surface area contributed by atoms with Crippen LogP contribution in [0.4, 0.5) is 4.79 Å². The molecule has 59 heavy (non-hydrogen) atoms. The van der Waals surface area contributed by atoms with Gasteiger partial charge in [0.05, 0.1) is 31.7 Å². The summed E-state index contributed by atoms with van der Waals surface area (Å²) in [6, 6.07) is 20.4. The molecule has 2 aromatic heterocycles. The van der Waals surface area contributed by atoms with Crippen LogP contribution in [0.25, 0.3) is 44.1 Å². The van der Waals surface area contributed by atoms with Gasteiger partial charge in [0.1, 0.15) is 17.4 Å². The highest BCUT2D eigenvalue weighted by molar-refractivity contribution is 7.90. The van der Waals surface area contributed by atoms with E-state index in [0.29, 0.717) is 44.5 Å². The number of nitrogens with one attached hydrogen (secondary N) is 3. The Bertz CT molecular complexity index is 2690. The van der Waals surface area contributed by atoms with Gasteiger partial charge < -0.3 is 34.6 Å². The molecule has 0 saturated heterocycles. The van der Waals surface area contributed by atoms with Crippen molar-refractivity contribution >= 4 is 55.8 Å². The van der Waals surface area contributed by atoms with Gasteiger partial charge in [-0.25, -0.2) is 26.8 Å². The summed E-state index contributed by atoms with van der Waals surface area (Å²) in [5.74, 6) is -1.28. The molecular weight excluding hydrogens is 777 g/mol. The summed E-state index contributed by atoms with van der Waals surface area (Å²) in [7, 11) is -0.204. The first-order chi connectivity index (χ1) is 27.9. The molecule has 0 saturated carbocycles. The molecule has 0 fully saturated rings. The predicted molar refractivity (Wildman–Crippen MR) is 222 cm³/mol. The van der Waals surface area contributed by atoms with Gasteiger partial charge in [-0.3, -0.25) is 4.79 Å². The minimum absolute atomic E-state index is 0.0841. The fraction of sp³-hybridized carbons (Fsp3) is 0.273. The van der Waals surface area contributed by atoms with E-state index < -0.39 is 45.7 Å². The molecular formula is C44H46N4O10S. The zero-order valence-electron chi connectivity index (χ0n) is 34.0. The zero-order chi connectivity index (χ0) is 42.8. The predicted octanol–water partition coefficient (Wildman–Crippen LogP) is 6.97. The number of amides is 2. The van der Waals surface area contributed by atoms with E-state index in [1.165, 1.54) is 32.2 Å². The minimum Gasteiger partial charge on any atom is -0.496 e. The number of esters is 2. The van der Waals surface area contributed by atoms with Crippen LogP contribution in [-0.2, 0) is 45.0 Å². The van der Waals surface area contributed by atoms with Crippen molar-refractivity contribution < 1.29 is 46.5 Å². The Labute approximate surface area is 341 Å². The van der Waals surface area contributed by atoms with Crippen molar-refractivity contribution in [3.63, 3.8) is 0 Å². The van der Waals surface area contributed by atoms with Crippen molar-refractivity contribution in [2.75, 3.05) is 21.3 Å². The summed E-state index contributed by atoms with van der Waals surface area (Å²) < 4.78 is 51.4. The Morgan fingerprint density at radius 2 is 1.47 bits per heavy atom. The second-order valence-electron chi connectivity index (χ2n) is 15.0. The number of hydrogen-bond donors (Lipinski definition) is 3. The lowest BCUT2D eigenvalue weighted by molar-refractivity contribution is -0.145. The van der Waals surface area contributed by atoms with E-state index in [1.54, 1.807) is 81.7 Å². The number of H-pyrrole nitrogens is 1. The number of ether oxygens (including phenoxy) is 4. The molecule has 0 aliphatic carbocycles. The molecule has 6 aromatic rings. The highest BCUT2D eigenvalue weighted by atomic mass is 32.2. The topological polar surface area (TPSA) is 184 Å². The first kappa shape index (κ1) is 42.0. The second-order valence-corrected chi connectivity index (χ2v) is 16.8. The van der Waals surface area contributed by atoms with Crippen LogP contribution in [0.1, 0.15) is 50.4 Å². The van der Waals surface area contributed by atoms with Gasteiger partial charge in [0.15, 0.2) is 6.04 Å². The zero-order valence-corrected chi connectivity index (χ0v) is 34.8. The Kier molecular flexibility index (Phi) is 11.9. The average Bonchev–Trinajstić information content (AvgIpc) is 3.79. The van der Waals surface area contributed by atoms with Crippen LogP contribution in [0, 0.1) is 6.92 Å². The number of rotatable bonds is 12. The van der Waals surface area contributed by atoms with Gasteiger partial charge in [0.2, 0.25) is 5.91 Å². The third-order valence-corrected chi connectivity index (χ3v) is 11.4. The van der Waals surface area contributed by atoms with Gasteiger partial charge >= 0.3 is 18.0 Å². The lowest BCUT2D eigenvalue weighted by atomic mass is 9.96. The fourth-order valence-corrected chi connectivity index (χ4v) is 8.25. The molecule has 0 radical (unpaired) electrons. The molecule has 3 N–H and O–H groups in total. The van der Waals surface area contributed by atoms with Crippen LogP contribution in [0.3, 0.4) is 0 Å². The highest BCUT2D eigenvalue weighted by Crippen LogP contribution is 2.40. The van der Waals surface area contributed by atoms with E-state index in [-0.39, 0.29) is 17.2 Å². The molecule has 0 aliphatic heterocycles. The molecule has 6 rings (SSSR count). The van der Waals surface area contributed by atoms with E-state index in [9.17, 15) is 27.6 Å². The molecule has 0 bridgehead atoms. The summed E-state index contributed by atoms with van der Waals surface area (Å²) >= 11 is 0. The van der Waals surface area contributed by atoms with Crippen molar-refractivity contribution in [2.45, 2.75) is 63.6 Å². The van der Waals surface area contributed by atoms with Crippen LogP contribution < -0.4 is 15.4 Å². The Hall–Kier alpha value is -6.61. The standard InChI is InChI=1S/C44H46N4O10S/c1-25-9-14-31(15-10-25)59(53,54)48-24-35(27-12-17-36-33(19-27)30(23-45-36)21-37(41(50)56-7)46-26(2)49)32-16-11-28(22-38(32)48)34-20-29(13-18-39(34)55-6)40(42(51)57-8)47-43(52)58-44(3,4)5/h9-20,22-24,37,40,45H,21H2,1-8H3,(H,46,49)(H,47,52)/t37-,40-/m1/s1. The Morgan fingerprint density at radius 1 is 0.797 bits per heavy atom. The van der Waals surface area contributed by atoms with Crippen LogP contribution in [0.15, 0.2) is 96.2 Å². The Morgan fingerprint density at radius 3 is 2.12 bits per heavy atom. The summed E-state index contributed by atoms with van der Waals surface area (Å²) in [5.41, 5.74) is 4.66. The van der Waals surface area contributed by atoms with Crippen molar-refractivity contribution in [2.24, 2.45) is 0 Å². The van der Waals surface area contributed by atoms with Crippen molar-refractivity contribution in [1.29, 1.82) is 0 Å². The molecule has 0 aliphatic rings. The first-order valence-electron chi connectivity index (χ1n) is 18.6. The molecule has 0 unspecified atom stereocenters. The number of carbonyl (C=O) groups is 4. The molecule has 2 amide bonds. The van der Waals surface area contributed by atoms with Gasteiger partial charge in [-0.2, -0.15) is 0 Å². The number of fused-ring (bicyclic) bond motifs is 2. The number of alkyl carbamates (subject to hydrolysis) is 1. The number of benzene rings is 4. The van der Waals surface area contributed by atoms with Crippen LogP contribution in [0.5, 0.6) is 5.75 Å². The second kappa shape index (κ2) is 16.7. The SMILES string of the molecule is COC(=O)[C@@H](Cc1c[nH]c2ccc(-c3cn(S(=O)(=O)c4ccc(C)cc4)c4cc(-c5cc([C@@H](NC(=O)OC(C)(C)C)C(=O)OC)ccc5OC)ccc34)cc12)NC(C)=O. The van der Waals surface area contributed by atoms with Gasteiger partial charge in [0.25, 0.3) is 10.0 Å². The lowest BCUT2D eigenvalue weighted by Gasteiger charge is -2.23. The van der Waals surface area contributed by atoms with Crippen molar-refractivity contribution in [3.8, 4) is 28.0 Å². The summed E-state index contributed by atoms with van der Waals surface area (Å²) in [5, 5.41) is 6.63. The molecule has 2 atom stereocenters. The Balaban J connectivity index is 1.52. The fourth-order valence-electron chi connectivity index (χ4n) is 6.89. The first-order valence-corrected chi connectivity index (χ1v) is 20.1. The molecule has 15 heteroatoms. The molecule has 0 spiro atoms. The van der Waals surface area contributed by atoms with Crippen LogP contribution >= 0.6 is 0 Å². The maximum atomic E-state index is 14.5. The number of methoxy groups -OCH3 is 3. The third kappa shape index (κ3) is 8.94. The van der Waals surface area contributed by atoms with E-state index in [0.717, 1.165) is 22.0 Å². The quantitative estimate of drug-likeness (QED) is 0.0861. The summed E-state index contributed by atoms with van der Waals surface area (Å²) in [4.78, 5) is 53.6. The number of nitrogens with zero attached hydrogens (tertiary/aromatic N) is 1. The molecule has 4 aromatic carbocycles. The molecule has 2 heterocycles. The number of aromatic amines is 1. The number of hydrogen-bond acceptors (Lipinski definition) is 10. The summed E-state index contributed by atoms with van der Waals surface area (Å²) in [6.45, 7) is 8.31. The average molecular weight is 823 g/mol. The van der Waals surface area contributed by atoms with Gasteiger partial charge in [-0.15, -0.1) is 0 Å². The smallest absolute Gasteiger partial charge is 0.408 e. The van der Waals surface area contributed by atoms with Crippen molar-refractivity contribution in [1.82, 2.24) is 19.6 Å². The molecule has 14 nitrogen and oxygen atoms in total. The molecule has 308 valence electrons.